The fourth-order valence-corrected chi connectivity index (χ4v) is 2.16. The summed E-state index contributed by atoms with van der Waals surface area (Å²) in [5.74, 6) is 0.752. The Labute approximate surface area is 120 Å². The standard InChI is InChI=1S/C11H8N5S.Li/c1-16-10(13-14-15-16)8-2-4-9(5-3-8)11-12-6-7-17-11;/h2-5,7H,1H3;/q-1;+1. The Kier molecular flexibility index (Phi) is 3.92. The molecule has 0 amide bonds. The molecular weight excluding hydrogens is 241 g/mol. The molecule has 18 heavy (non-hydrogen) atoms. The minimum atomic E-state index is 0. The average molecular weight is 249 g/mol. The third kappa shape index (κ3) is 2.36. The van der Waals surface area contributed by atoms with Crippen LogP contribution in [0.4, 0.5) is 0 Å². The van der Waals surface area contributed by atoms with E-state index in [1.807, 2.05) is 36.7 Å². The molecule has 0 fully saturated rings. The molecule has 1 aromatic carbocycles. The van der Waals surface area contributed by atoms with Gasteiger partial charge in [0.15, 0.2) is 5.82 Å². The molecule has 2 heterocycles. The summed E-state index contributed by atoms with van der Waals surface area (Å²) in [7, 11) is 1.82. The molecule has 0 radical (unpaired) electrons. The van der Waals surface area contributed by atoms with Crippen LogP contribution in [0.25, 0.3) is 22.0 Å². The van der Waals surface area contributed by atoms with Gasteiger partial charge >= 0.3 is 18.9 Å². The minimum absolute atomic E-state index is 0. The Hall–Kier alpha value is -1.48. The fourth-order valence-electron chi connectivity index (χ4n) is 1.56. The Bertz CT molecular complexity index is 617. The van der Waals surface area contributed by atoms with Crippen molar-refractivity contribution < 1.29 is 18.9 Å². The van der Waals surface area contributed by atoms with Gasteiger partial charge in [0.05, 0.1) is 0 Å². The van der Waals surface area contributed by atoms with Crippen LogP contribution in [-0.2, 0) is 7.05 Å². The summed E-state index contributed by atoms with van der Waals surface area (Å²) in [5.41, 5.74) is 2.07. The zero-order valence-electron chi connectivity index (χ0n) is 10.0. The number of benzene rings is 1. The molecule has 0 aliphatic rings. The molecule has 0 bridgehead atoms. The predicted molar refractivity (Wildman–Crippen MR) is 64.2 cm³/mol. The second-order valence-electron chi connectivity index (χ2n) is 3.49. The molecule has 0 aliphatic heterocycles. The maximum Gasteiger partial charge on any atom is 1.00 e. The topological polar surface area (TPSA) is 56.5 Å². The zero-order valence-corrected chi connectivity index (χ0v) is 10.8. The summed E-state index contributed by atoms with van der Waals surface area (Å²) >= 11 is 1.57. The van der Waals surface area contributed by atoms with Crippen LogP contribution in [-0.4, -0.2) is 25.2 Å². The third-order valence-corrected chi connectivity index (χ3v) is 3.17. The van der Waals surface area contributed by atoms with E-state index in [4.69, 9.17) is 0 Å². The van der Waals surface area contributed by atoms with Gasteiger partial charge in [-0.05, 0) is 15.4 Å². The average Bonchev–Trinajstić information content (AvgIpc) is 3.00. The monoisotopic (exact) mass is 249 g/mol. The number of thiazole rings is 1. The van der Waals surface area contributed by atoms with Gasteiger partial charge in [0.2, 0.25) is 0 Å². The smallest absolute Gasteiger partial charge is 0.442 e. The van der Waals surface area contributed by atoms with Crippen LogP contribution < -0.4 is 18.9 Å². The summed E-state index contributed by atoms with van der Waals surface area (Å²) in [6.45, 7) is 0. The van der Waals surface area contributed by atoms with Crippen molar-refractivity contribution in [2.75, 3.05) is 0 Å². The first-order chi connectivity index (χ1) is 8.34. The third-order valence-electron chi connectivity index (χ3n) is 2.40. The van der Waals surface area contributed by atoms with E-state index in [1.165, 1.54) is 0 Å². The van der Waals surface area contributed by atoms with Gasteiger partial charge in [0, 0.05) is 12.6 Å². The van der Waals surface area contributed by atoms with Crippen LogP contribution in [0, 0.1) is 6.20 Å². The van der Waals surface area contributed by atoms with Gasteiger partial charge in [-0.1, -0.05) is 35.2 Å². The van der Waals surface area contributed by atoms with Crippen molar-refractivity contribution in [1.29, 1.82) is 0 Å². The van der Waals surface area contributed by atoms with E-state index in [1.54, 1.807) is 16.0 Å². The summed E-state index contributed by atoms with van der Waals surface area (Å²) in [4.78, 5) is 4.14. The van der Waals surface area contributed by atoms with Gasteiger partial charge < -0.3 is 4.98 Å². The number of aromatic nitrogens is 5. The predicted octanol–water partition coefficient (Wildman–Crippen LogP) is -1.20. The van der Waals surface area contributed by atoms with Crippen LogP contribution in [0.15, 0.2) is 29.6 Å². The van der Waals surface area contributed by atoms with Crippen molar-refractivity contribution >= 4 is 11.3 Å². The maximum absolute atomic E-state index is 4.14. The molecule has 0 spiro atoms. The second-order valence-corrected chi connectivity index (χ2v) is 4.34. The van der Waals surface area contributed by atoms with Crippen LogP contribution in [0.3, 0.4) is 0 Å². The van der Waals surface area contributed by atoms with Gasteiger partial charge in [-0.25, -0.2) is 16.0 Å². The molecule has 0 unspecified atom stereocenters. The first kappa shape index (κ1) is 13.0. The Balaban J connectivity index is 0.00000120. The van der Waals surface area contributed by atoms with E-state index in [2.05, 4.69) is 26.7 Å². The zero-order chi connectivity index (χ0) is 11.7. The molecule has 0 N–H and O–H groups in total. The molecule has 5 nitrogen and oxygen atoms in total. The van der Waals surface area contributed by atoms with Crippen LogP contribution >= 0.6 is 11.3 Å². The van der Waals surface area contributed by atoms with E-state index in [-0.39, 0.29) is 18.9 Å². The van der Waals surface area contributed by atoms with Crippen LogP contribution in [0.1, 0.15) is 0 Å². The van der Waals surface area contributed by atoms with Crippen LogP contribution in [0.2, 0.25) is 0 Å². The largest absolute Gasteiger partial charge is 1.00 e. The van der Waals surface area contributed by atoms with Gasteiger partial charge in [-0.15, -0.1) is 11.3 Å². The minimum Gasteiger partial charge on any atom is -0.442 e. The van der Waals surface area contributed by atoms with Crippen molar-refractivity contribution in [3.05, 3.63) is 35.8 Å². The van der Waals surface area contributed by atoms with Crippen molar-refractivity contribution in [1.82, 2.24) is 25.2 Å². The number of nitrogens with zero attached hydrogens (tertiary/aromatic N) is 5. The van der Waals surface area contributed by atoms with E-state index >= 15 is 0 Å². The molecule has 0 saturated heterocycles. The van der Waals surface area contributed by atoms with Crippen molar-refractivity contribution in [2.24, 2.45) is 7.05 Å². The maximum atomic E-state index is 4.14. The quantitative estimate of drug-likeness (QED) is 0.423. The Morgan fingerprint density at radius 3 is 2.44 bits per heavy atom. The van der Waals surface area contributed by atoms with E-state index < -0.39 is 0 Å². The molecular formula is C11H8LiN5S. The van der Waals surface area contributed by atoms with Crippen molar-refractivity contribution in [3.8, 4) is 22.0 Å². The van der Waals surface area contributed by atoms with E-state index in [9.17, 15) is 0 Å². The molecule has 0 aliphatic carbocycles. The number of hydrogen-bond donors (Lipinski definition) is 0. The molecule has 2 aromatic heterocycles. The van der Waals surface area contributed by atoms with Gasteiger partial charge in [0.1, 0.15) is 0 Å². The molecule has 7 heteroatoms. The summed E-state index contributed by atoms with van der Waals surface area (Å²) in [5, 5.41) is 14.2. The SMILES string of the molecule is Cn1nnnc1-c1ccc(-c2n[c-]cs2)cc1.[Li+]. The number of rotatable bonds is 2. The summed E-state index contributed by atoms with van der Waals surface area (Å²) < 4.78 is 1.65. The normalized spacial score (nSPS) is 10.1. The molecule has 84 valence electrons. The molecule has 0 atom stereocenters. The Morgan fingerprint density at radius 1 is 1.17 bits per heavy atom. The molecule has 3 aromatic rings. The number of hydrogen-bond acceptors (Lipinski definition) is 5. The molecule has 3 rings (SSSR count). The van der Waals surface area contributed by atoms with Crippen LogP contribution in [0.5, 0.6) is 0 Å². The first-order valence-electron chi connectivity index (χ1n) is 4.99. The van der Waals surface area contributed by atoms with E-state index in [0.29, 0.717) is 0 Å². The first-order valence-corrected chi connectivity index (χ1v) is 5.87. The van der Waals surface area contributed by atoms with E-state index in [0.717, 1.165) is 22.0 Å². The molecule has 0 saturated carbocycles. The summed E-state index contributed by atoms with van der Waals surface area (Å²) in [6.07, 6.45) is 2.81. The number of aryl methyl sites for hydroxylation is 1. The van der Waals surface area contributed by atoms with Gasteiger partial charge in [-0.3, -0.25) is 0 Å². The number of tetrazole rings is 1. The van der Waals surface area contributed by atoms with Gasteiger partial charge in [-0.2, -0.15) is 0 Å². The Morgan fingerprint density at radius 2 is 1.89 bits per heavy atom. The summed E-state index contributed by atoms with van der Waals surface area (Å²) in [6, 6.07) is 8.00. The fraction of sp³-hybridized carbons (Fsp3) is 0.0909. The van der Waals surface area contributed by atoms with Crippen molar-refractivity contribution in [2.45, 2.75) is 0 Å². The van der Waals surface area contributed by atoms with Gasteiger partial charge in [0.25, 0.3) is 0 Å². The second kappa shape index (κ2) is 5.44. The van der Waals surface area contributed by atoms with Crippen molar-refractivity contribution in [3.63, 3.8) is 0 Å².